The second-order valence-corrected chi connectivity index (χ2v) is 7.35. The van der Waals surface area contributed by atoms with Crippen LogP contribution < -0.4 is 11.3 Å². The number of hydrogen-bond donors (Lipinski definition) is 2. The van der Waals surface area contributed by atoms with Crippen molar-refractivity contribution < 1.29 is 8.42 Å². The number of hydrazine groups is 1. The maximum atomic E-state index is 12.4. The summed E-state index contributed by atoms with van der Waals surface area (Å²) >= 11 is 1.80. The van der Waals surface area contributed by atoms with Gasteiger partial charge in [0.05, 0.1) is 4.90 Å². The lowest BCUT2D eigenvalue weighted by molar-refractivity contribution is 0.394. The zero-order valence-corrected chi connectivity index (χ0v) is 11.8. The first-order valence-corrected chi connectivity index (χ1v) is 8.27. The van der Waals surface area contributed by atoms with Crippen LogP contribution in [0.3, 0.4) is 0 Å². The number of nitrogens with zero attached hydrogens (tertiary/aromatic N) is 1. The van der Waals surface area contributed by atoms with Crippen LogP contribution in [-0.4, -0.2) is 37.3 Å². The van der Waals surface area contributed by atoms with Crippen LogP contribution in [-0.2, 0) is 10.0 Å². The molecule has 1 saturated heterocycles. The van der Waals surface area contributed by atoms with Crippen molar-refractivity contribution >= 4 is 27.5 Å². The second kappa shape index (κ2) is 5.48. The van der Waals surface area contributed by atoms with E-state index in [9.17, 15) is 8.42 Å². The van der Waals surface area contributed by atoms with E-state index in [2.05, 4.69) is 5.43 Å². The van der Waals surface area contributed by atoms with Crippen LogP contribution in [0, 0.1) is 0 Å². The molecule has 1 unspecified atom stereocenters. The first kappa shape index (κ1) is 13.7. The molecule has 0 bridgehead atoms. The Morgan fingerprint density at radius 2 is 2.06 bits per heavy atom. The van der Waals surface area contributed by atoms with E-state index in [4.69, 9.17) is 5.84 Å². The van der Waals surface area contributed by atoms with Gasteiger partial charge >= 0.3 is 0 Å². The number of anilines is 1. The molecule has 1 aliphatic rings. The number of benzene rings is 1. The van der Waals surface area contributed by atoms with E-state index in [-0.39, 0.29) is 6.04 Å². The first-order chi connectivity index (χ1) is 8.55. The minimum Gasteiger partial charge on any atom is -0.324 e. The summed E-state index contributed by atoms with van der Waals surface area (Å²) in [6, 6.07) is 6.56. The normalized spacial score (nSPS) is 20.3. The summed E-state index contributed by atoms with van der Waals surface area (Å²) in [4.78, 5) is 0.306. The molecule has 0 radical (unpaired) electrons. The van der Waals surface area contributed by atoms with Gasteiger partial charge in [-0.25, -0.2) is 8.42 Å². The lowest BCUT2D eigenvalue weighted by Crippen LogP contribution is -2.36. The molecule has 0 aliphatic carbocycles. The number of nitrogens with two attached hydrogens (primary N) is 1. The number of nitrogen functional groups attached to an aromatic ring is 1. The fraction of sp³-hybridized carbons (Fsp3) is 0.455. The van der Waals surface area contributed by atoms with Crippen LogP contribution in [0.5, 0.6) is 0 Å². The monoisotopic (exact) mass is 287 g/mol. The van der Waals surface area contributed by atoms with E-state index in [1.807, 2.05) is 0 Å². The molecular formula is C11H17N3O2S2. The highest BCUT2D eigenvalue weighted by Crippen LogP contribution is 2.26. The van der Waals surface area contributed by atoms with Gasteiger partial charge in [-0.15, -0.1) is 0 Å². The van der Waals surface area contributed by atoms with Crippen molar-refractivity contribution in [2.24, 2.45) is 5.84 Å². The molecule has 0 amide bonds. The summed E-state index contributed by atoms with van der Waals surface area (Å²) in [6.45, 7) is 0. The van der Waals surface area contributed by atoms with Crippen molar-refractivity contribution in [3.8, 4) is 0 Å². The van der Waals surface area contributed by atoms with Crippen molar-refractivity contribution in [3.05, 3.63) is 24.3 Å². The van der Waals surface area contributed by atoms with Crippen LogP contribution in [0.15, 0.2) is 29.2 Å². The Hall–Kier alpha value is -0.760. The highest BCUT2D eigenvalue weighted by Gasteiger charge is 2.30. The third-order valence-electron chi connectivity index (χ3n) is 3.12. The molecule has 1 aliphatic heterocycles. The lowest BCUT2D eigenvalue weighted by atomic mass is 10.3. The third kappa shape index (κ3) is 2.64. The number of sulfonamides is 1. The largest absolute Gasteiger partial charge is 0.324 e. The van der Waals surface area contributed by atoms with Gasteiger partial charge in [0.25, 0.3) is 0 Å². The topological polar surface area (TPSA) is 75.4 Å². The summed E-state index contributed by atoms with van der Waals surface area (Å²) in [7, 11) is -1.74. The minimum absolute atomic E-state index is 0.104. The van der Waals surface area contributed by atoms with Gasteiger partial charge < -0.3 is 5.43 Å². The van der Waals surface area contributed by atoms with Crippen molar-refractivity contribution in [2.45, 2.75) is 17.4 Å². The van der Waals surface area contributed by atoms with E-state index in [1.165, 1.54) is 4.31 Å². The van der Waals surface area contributed by atoms with Crippen LogP contribution in [0.4, 0.5) is 5.69 Å². The fourth-order valence-corrected chi connectivity index (χ4v) is 4.64. The molecule has 18 heavy (non-hydrogen) atoms. The Morgan fingerprint density at radius 1 is 1.39 bits per heavy atom. The molecule has 5 nitrogen and oxygen atoms in total. The lowest BCUT2D eigenvalue weighted by Gasteiger charge is -2.23. The number of nitrogens with one attached hydrogen (secondary N) is 1. The summed E-state index contributed by atoms with van der Waals surface area (Å²) in [6.07, 6.45) is 0.919. The summed E-state index contributed by atoms with van der Waals surface area (Å²) in [5, 5.41) is 0. The van der Waals surface area contributed by atoms with E-state index < -0.39 is 10.0 Å². The standard InChI is InChI=1S/C11H17N3O2S2/c1-14(10-6-7-17-8-10)18(15,16)11-4-2-9(13-12)3-5-11/h2-5,10,13H,6-8,12H2,1H3. The molecule has 3 N–H and O–H groups in total. The van der Waals surface area contributed by atoms with Gasteiger partial charge in [-0.2, -0.15) is 16.1 Å². The van der Waals surface area contributed by atoms with Crippen molar-refractivity contribution in [3.63, 3.8) is 0 Å². The molecule has 0 spiro atoms. The Labute approximate surface area is 112 Å². The Kier molecular flexibility index (Phi) is 4.16. The number of thioether (sulfide) groups is 1. The predicted molar refractivity (Wildman–Crippen MR) is 74.9 cm³/mol. The van der Waals surface area contributed by atoms with Gasteiger partial charge in [-0.3, -0.25) is 5.84 Å². The first-order valence-electron chi connectivity index (χ1n) is 5.68. The smallest absolute Gasteiger partial charge is 0.243 e. The molecule has 1 fully saturated rings. The maximum Gasteiger partial charge on any atom is 0.243 e. The minimum atomic E-state index is -3.40. The molecule has 100 valence electrons. The van der Waals surface area contributed by atoms with Crippen LogP contribution in [0.25, 0.3) is 0 Å². The van der Waals surface area contributed by atoms with Crippen LogP contribution in [0.2, 0.25) is 0 Å². The predicted octanol–water partition coefficient (Wildman–Crippen LogP) is 1.10. The quantitative estimate of drug-likeness (QED) is 0.640. The summed E-state index contributed by atoms with van der Waals surface area (Å²) < 4.78 is 26.3. The molecular weight excluding hydrogens is 270 g/mol. The van der Waals surface area contributed by atoms with Gasteiger partial charge in [0, 0.05) is 24.5 Å². The molecule has 1 atom stereocenters. The summed E-state index contributed by atoms with van der Waals surface area (Å²) in [5.74, 6) is 7.16. The van der Waals surface area contributed by atoms with Crippen molar-refractivity contribution in [2.75, 3.05) is 24.0 Å². The molecule has 1 aromatic rings. The molecule has 0 aromatic heterocycles. The Morgan fingerprint density at radius 3 is 2.56 bits per heavy atom. The van der Waals surface area contributed by atoms with E-state index >= 15 is 0 Å². The fourth-order valence-electron chi connectivity index (χ4n) is 1.89. The van der Waals surface area contributed by atoms with Gasteiger partial charge in [0.1, 0.15) is 0 Å². The molecule has 1 aromatic carbocycles. The van der Waals surface area contributed by atoms with E-state index in [0.29, 0.717) is 10.6 Å². The maximum absolute atomic E-state index is 12.4. The summed E-state index contributed by atoms with van der Waals surface area (Å²) in [5.41, 5.74) is 3.17. The SMILES string of the molecule is CN(C1CCSC1)S(=O)(=O)c1ccc(NN)cc1. The van der Waals surface area contributed by atoms with Crippen molar-refractivity contribution in [1.29, 1.82) is 0 Å². The number of hydrogen-bond acceptors (Lipinski definition) is 5. The molecule has 0 saturated carbocycles. The highest BCUT2D eigenvalue weighted by molar-refractivity contribution is 7.99. The highest BCUT2D eigenvalue weighted by atomic mass is 32.2. The van der Waals surface area contributed by atoms with Gasteiger partial charge in [-0.1, -0.05) is 0 Å². The third-order valence-corrected chi connectivity index (χ3v) is 6.19. The second-order valence-electron chi connectivity index (χ2n) is 4.21. The molecule has 7 heteroatoms. The van der Waals surface area contributed by atoms with Crippen molar-refractivity contribution in [1.82, 2.24) is 4.31 Å². The Bertz CT molecular complexity index is 496. The average Bonchev–Trinajstić information content (AvgIpc) is 2.91. The zero-order valence-electron chi connectivity index (χ0n) is 10.2. The average molecular weight is 287 g/mol. The van der Waals surface area contributed by atoms with Gasteiger partial charge in [0.2, 0.25) is 10.0 Å². The zero-order chi connectivity index (χ0) is 13.2. The molecule has 2 rings (SSSR count). The number of rotatable bonds is 4. The van der Waals surface area contributed by atoms with Gasteiger partial charge in [0.15, 0.2) is 0 Å². The van der Waals surface area contributed by atoms with Crippen LogP contribution >= 0.6 is 11.8 Å². The van der Waals surface area contributed by atoms with E-state index in [0.717, 1.165) is 17.9 Å². The Balaban J connectivity index is 2.23. The van der Waals surface area contributed by atoms with E-state index in [1.54, 1.807) is 43.1 Å². The van der Waals surface area contributed by atoms with Gasteiger partial charge in [-0.05, 0) is 36.4 Å². The van der Waals surface area contributed by atoms with Crippen LogP contribution in [0.1, 0.15) is 6.42 Å². The molecule has 1 heterocycles.